The number of hydrogen-bond acceptors (Lipinski definition) is 6. The zero-order valence-electron chi connectivity index (χ0n) is 12.5. The van der Waals surface area contributed by atoms with Crippen molar-refractivity contribution >= 4 is 11.4 Å². The highest BCUT2D eigenvalue weighted by Crippen LogP contribution is 2.30. The lowest BCUT2D eigenvalue weighted by Gasteiger charge is -2.34. The quantitative estimate of drug-likeness (QED) is 0.657. The molecule has 3 rings (SSSR count). The zero-order valence-corrected chi connectivity index (χ0v) is 12.5. The third-order valence-corrected chi connectivity index (χ3v) is 3.85. The Bertz CT molecular complexity index is 674. The molecular formula is C15H18N4O4. The van der Waals surface area contributed by atoms with E-state index in [1.165, 1.54) is 6.07 Å². The van der Waals surface area contributed by atoms with Crippen molar-refractivity contribution in [1.82, 2.24) is 9.78 Å². The highest BCUT2D eigenvalue weighted by atomic mass is 16.6. The van der Waals surface area contributed by atoms with Gasteiger partial charge in [0, 0.05) is 31.5 Å². The molecule has 0 aliphatic carbocycles. The number of ether oxygens (including phenoxy) is 1. The van der Waals surface area contributed by atoms with E-state index in [4.69, 9.17) is 4.74 Å². The molecule has 1 N–H and O–H groups in total. The molecule has 0 spiro atoms. The van der Waals surface area contributed by atoms with E-state index >= 15 is 0 Å². The predicted octanol–water partition coefficient (Wildman–Crippen LogP) is 1.19. The molecule has 2 aromatic rings. The van der Waals surface area contributed by atoms with Crippen molar-refractivity contribution in [2.24, 2.45) is 0 Å². The van der Waals surface area contributed by atoms with Crippen molar-refractivity contribution in [2.75, 3.05) is 24.6 Å². The molecule has 1 aliphatic heterocycles. The normalized spacial score (nSPS) is 18.1. The first-order valence-corrected chi connectivity index (χ1v) is 7.39. The minimum absolute atomic E-state index is 0.0435. The summed E-state index contributed by atoms with van der Waals surface area (Å²) in [5, 5.41) is 24.7. The van der Waals surface area contributed by atoms with Crippen LogP contribution in [0.2, 0.25) is 0 Å². The van der Waals surface area contributed by atoms with Gasteiger partial charge in [0.25, 0.3) is 5.69 Å². The van der Waals surface area contributed by atoms with E-state index in [0.29, 0.717) is 37.5 Å². The van der Waals surface area contributed by atoms with Gasteiger partial charge in [-0.2, -0.15) is 5.10 Å². The van der Waals surface area contributed by atoms with Crippen molar-refractivity contribution in [3.05, 3.63) is 52.3 Å². The minimum Gasteiger partial charge on any atom is -0.392 e. The number of morpholine rings is 1. The second-order valence-corrected chi connectivity index (χ2v) is 5.41. The SMILES string of the molecule is O=[N+]([O-])c1ccc(CO)cc1N1CCOC(Cn2cccn2)C1. The standard InChI is InChI=1S/C15H18N4O4/c20-11-12-2-3-14(19(21)22)15(8-12)17-6-7-23-13(9-17)10-18-5-1-4-16-18/h1-5,8,13,20H,6-7,9-11H2. The van der Waals surface area contributed by atoms with Crippen LogP contribution in [0.4, 0.5) is 11.4 Å². The summed E-state index contributed by atoms with van der Waals surface area (Å²) in [6, 6.07) is 6.53. The fraction of sp³-hybridized carbons (Fsp3) is 0.400. The predicted molar refractivity (Wildman–Crippen MR) is 83.2 cm³/mol. The number of nitro benzene ring substituents is 1. The first-order valence-electron chi connectivity index (χ1n) is 7.39. The number of hydrogen-bond donors (Lipinski definition) is 1. The largest absolute Gasteiger partial charge is 0.392 e. The van der Waals surface area contributed by atoms with E-state index < -0.39 is 4.92 Å². The molecule has 0 amide bonds. The molecule has 1 saturated heterocycles. The number of aliphatic hydroxyl groups is 1. The monoisotopic (exact) mass is 318 g/mol. The highest BCUT2D eigenvalue weighted by Gasteiger charge is 2.26. The van der Waals surface area contributed by atoms with Crippen LogP contribution in [0.25, 0.3) is 0 Å². The Morgan fingerprint density at radius 2 is 2.35 bits per heavy atom. The van der Waals surface area contributed by atoms with Gasteiger partial charge in [-0.05, 0) is 23.8 Å². The topological polar surface area (TPSA) is 93.7 Å². The molecule has 1 aliphatic rings. The number of rotatable bonds is 5. The smallest absolute Gasteiger partial charge is 0.292 e. The Hall–Kier alpha value is -2.45. The number of nitro groups is 1. The summed E-state index contributed by atoms with van der Waals surface area (Å²) < 4.78 is 7.52. The maximum atomic E-state index is 11.3. The van der Waals surface area contributed by atoms with E-state index in [1.54, 1.807) is 23.0 Å². The summed E-state index contributed by atoms with van der Waals surface area (Å²) in [5.41, 5.74) is 1.22. The maximum Gasteiger partial charge on any atom is 0.292 e. The molecule has 2 heterocycles. The number of aliphatic hydroxyl groups excluding tert-OH is 1. The summed E-state index contributed by atoms with van der Waals surface area (Å²) in [4.78, 5) is 12.8. The number of anilines is 1. The molecule has 8 heteroatoms. The van der Waals surface area contributed by atoms with Gasteiger partial charge < -0.3 is 14.7 Å². The van der Waals surface area contributed by atoms with Gasteiger partial charge in [0.05, 0.1) is 30.8 Å². The summed E-state index contributed by atoms with van der Waals surface area (Å²) >= 11 is 0. The van der Waals surface area contributed by atoms with Crippen molar-refractivity contribution in [3.8, 4) is 0 Å². The molecule has 1 aromatic heterocycles. The molecule has 1 atom stereocenters. The van der Waals surface area contributed by atoms with Crippen molar-refractivity contribution in [3.63, 3.8) is 0 Å². The minimum atomic E-state index is -0.394. The van der Waals surface area contributed by atoms with Gasteiger partial charge in [-0.1, -0.05) is 0 Å². The van der Waals surface area contributed by atoms with Crippen LogP contribution in [0, 0.1) is 10.1 Å². The molecule has 8 nitrogen and oxygen atoms in total. The van der Waals surface area contributed by atoms with Crippen molar-refractivity contribution < 1.29 is 14.8 Å². The molecule has 122 valence electrons. The van der Waals surface area contributed by atoms with Crippen LogP contribution in [0.1, 0.15) is 5.56 Å². The lowest BCUT2D eigenvalue weighted by atomic mass is 10.1. The molecular weight excluding hydrogens is 300 g/mol. The average Bonchev–Trinajstić information content (AvgIpc) is 3.07. The first-order chi connectivity index (χ1) is 11.2. The Labute approximate surface area is 133 Å². The molecule has 1 fully saturated rings. The van der Waals surface area contributed by atoms with Gasteiger partial charge in [0.1, 0.15) is 5.69 Å². The lowest BCUT2D eigenvalue weighted by Crippen LogP contribution is -2.44. The van der Waals surface area contributed by atoms with Gasteiger partial charge in [-0.25, -0.2) is 0 Å². The van der Waals surface area contributed by atoms with E-state index in [9.17, 15) is 15.2 Å². The Kier molecular flexibility index (Phi) is 4.54. The van der Waals surface area contributed by atoms with Crippen molar-refractivity contribution in [1.29, 1.82) is 0 Å². The third-order valence-electron chi connectivity index (χ3n) is 3.85. The molecule has 0 radical (unpaired) electrons. The Morgan fingerprint density at radius 1 is 1.48 bits per heavy atom. The summed E-state index contributed by atoms with van der Waals surface area (Å²) in [6.07, 6.45) is 3.47. The highest BCUT2D eigenvalue weighted by molar-refractivity contribution is 5.64. The molecule has 23 heavy (non-hydrogen) atoms. The van der Waals surface area contributed by atoms with Gasteiger partial charge in [-0.3, -0.25) is 14.8 Å². The Balaban J connectivity index is 1.81. The molecule has 1 unspecified atom stereocenters. The second kappa shape index (κ2) is 6.76. The summed E-state index contributed by atoms with van der Waals surface area (Å²) in [6.45, 7) is 2.05. The summed E-state index contributed by atoms with van der Waals surface area (Å²) in [7, 11) is 0. The van der Waals surface area contributed by atoms with Crippen LogP contribution < -0.4 is 4.90 Å². The third kappa shape index (κ3) is 3.49. The zero-order chi connectivity index (χ0) is 16.2. The van der Waals surface area contributed by atoms with Crippen LogP contribution in [0.15, 0.2) is 36.7 Å². The second-order valence-electron chi connectivity index (χ2n) is 5.41. The average molecular weight is 318 g/mol. The van der Waals surface area contributed by atoms with E-state index in [2.05, 4.69) is 5.10 Å². The molecule has 0 bridgehead atoms. The van der Waals surface area contributed by atoms with Crippen molar-refractivity contribution in [2.45, 2.75) is 19.3 Å². The fourth-order valence-electron chi connectivity index (χ4n) is 2.74. The number of benzene rings is 1. The maximum absolute atomic E-state index is 11.3. The van der Waals surface area contributed by atoms with Crippen LogP contribution >= 0.6 is 0 Å². The fourth-order valence-corrected chi connectivity index (χ4v) is 2.74. The number of aromatic nitrogens is 2. The van der Waals surface area contributed by atoms with Crippen LogP contribution in [-0.4, -0.2) is 45.6 Å². The van der Waals surface area contributed by atoms with E-state index in [0.717, 1.165) is 0 Å². The summed E-state index contributed by atoms with van der Waals surface area (Å²) in [5.74, 6) is 0. The van der Waals surface area contributed by atoms with E-state index in [-0.39, 0.29) is 18.4 Å². The molecule has 0 saturated carbocycles. The van der Waals surface area contributed by atoms with Gasteiger partial charge in [0.2, 0.25) is 0 Å². The lowest BCUT2D eigenvalue weighted by molar-refractivity contribution is -0.384. The van der Waals surface area contributed by atoms with Gasteiger partial charge in [-0.15, -0.1) is 0 Å². The van der Waals surface area contributed by atoms with E-state index in [1.807, 2.05) is 17.2 Å². The van der Waals surface area contributed by atoms with Crippen LogP contribution in [0.5, 0.6) is 0 Å². The first kappa shape index (κ1) is 15.4. The van der Waals surface area contributed by atoms with Gasteiger partial charge in [0.15, 0.2) is 0 Å². The number of nitrogens with zero attached hydrogens (tertiary/aromatic N) is 4. The van der Waals surface area contributed by atoms with Crippen LogP contribution in [-0.2, 0) is 17.9 Å². The van der Waals surface area contributed by atoms with Crippen LogP contribution in [0.3, 0.4) is 0 Å². The van der Waals surface area contributed by atoms with Gasteiger partial charge >= 0.3 is 0 Å². The Morgan fingerprint density at radius 3 is 3.04 bits per heavy atom. The molecule has 1 aromatic carbocycles.